The van der Waals surface area contributed by atoms with Crippen molar-refractivity contribution in [2.75, 3.05) is 34.6 Å². The van der Waals surface area contributed by atoms with Crippen molar-refractivity contribution < 1.29 is 28.5 Å². The molecule has 0 amide bonds. The van der Waals surface area contributed by atoms with E-state index < -0.39 is 0 Å². The maximum Gasteiger partial charge on any atom is 0.231 e. The van der Waals surface area contributed by atoms with Crippen LogP contribution in [0.25, 0.3) is 6.08 Å². The van der Waals surface area contributed by atoms with Crippen molar-refractivity contribution in [2.45, 2.75) is 13.0 Å². The summed E-state index contributed by atoms with van der Waals surface area (Å²) in [5.41, 5.74) is 3.45. The normalized spacial score (nSPS) is 15.7. The van der Waals surface area contributed by atoms with Gasteiger partial charge in [0.15, 0.2) is 17.3 Å². The zero-order valence-corrected chi connectivity index (χ0v) is 20.0. The molecular weight excluding hydrogens is 446 g/mol. The van der Waals surface area contributed by atoms with Gasteiger partial charge in [-0.05, 0) is 60.0 Å². The first-order chi connectivity index (χ1) is 17.1. The van der Waals surface area contributed by atoms with Crippen LogP contribution >= 0.6 is 0 Å². The molecule has 7 heteroatoms. The van der Waals surface area contributed by atoms with Gasteiger partial charge in [0.05, 0.1) is 32.5 Å². The first-order valence-corrected chi connectivity index (χ1v) is 11.4. The molecule has 35 heavy (non-hydrogen) atoms. The summed E-state index contributed by atoms with van der Waals surface area (Å²) in [5.74, 6) is 3.51. The standard InChI is InChI=1S/C28H27NO6/c1-31-20-7-4-18(5-8-20)12-13-29-16-22-23(34-17-29)11-9-21-27(30)26(35-28(21)22)15-19-6-10-24(32-2)25(14-19)33-3/h4-11,14-15H,12-13,16-17H2,1-3H3/b26-15-. The highest BCUT2D eigenvalue weighted by atomic mass is 16.5. The number of methoxy groups -OCH3 is 3. The molecule has 0 bridgehead atoms. The van der Waals surface area contributed by atoms with Crippen molar-refractivity contribution in [3.8, 4) is 28.7 Å². The predicted molar refractivity (Wildman–Crippen MR) is 132 cm³/mol. The van der Waals surface area contributed by atoms with Gasteiger partial charge in [-0.25, -0.2) is 0 Å². The van der Waals surface area contributed by atoms with Crippen LogP contribution in [0.3, 0.4) is 0 Å². The van der Waals surface area contributed by atoms with E-state index >= 15 is 0 Å². The van der Waals surface area contributed by atoms with Crippen molar-refractivity contribution in [1.29, 1.82) is 0 Å². The van der Waals surface area contributed by atoms with E-state index in [1.54, 1.807) is 39.5 Å². The summed E-state index contributed by atoms with van der Waals surface area (Å²) < 4.78 is 28.0. The van der Waals surface area contributed by atoms with Gasteiger partial charge >= 0.3 is 0 Å². The van der Waals surface area contributed by atoms with E-state index in [4.69, 9.17) is 23.7 Å². The average molecular weight is 474 g/mol. The molecule has 180 valence electrons. The van der Waals surface area contributed by atoms with Crippen LogP contribution < -0.4 is 23.7 Å². The van der Waals surface area contributed by atoms with E-state index in [2.05, 4.69) is 17.0 Å². The third-order valence-electron chi connectivity index (χ3n) is 6.26. The van der Waals surface area contributed by atoms with Gasteiger partial charge in [-0.3, -0.25) is 9.69 Å². The zero-order valence-electron chi connectivity index (χ0n) is 20.0. The minimum absolute atomic E-state index is 0.145. The van der Waals surface area contributed by atoms with Gasteiger partial charge in [0.2, 0.25) is 5.78 Å². The molecule has 0 radical (unpaired) electrons. The number of carbonyl (C=O) groups is 1. The number of ketones is 1. The number of hydrogen-bond acceptors (Lipinski definition) is 7. The Morgan fingerprint density at radius 1 is 0.943 bits per heavy atom. The molecule has 0 fully saturated rings. The number of rotatable bonds is 7. The molecule has 2 heterocycles. The average Bonchev–Trinajstić information content (AvgIpc) is 3.22. The lowest BCUT2D eigenvalue weighted by molar-refractivity contribution is 0.0949. The molecule has 0 unspecified atom stereocenters. The lowest BCUT2D eigenvalue weighted by Crippen LogP contribution is -2.33. The topological polar surface area (TPSA) is 66.5 Å². The van der Waals surface area contributed by atoms with Gasteiger partial charge < -0.3 is 23.7 Å². The fourth-order valence-corrected chi connectivity index (χ4v) is 4.32. The summed E-state index contributed by atoms with van der Waals surface area (Å²) in [6.45, 7) is 1.95. The molecule has 2 aliphatic rings. The third-order valence-corrected chi connectivity index (χ3v) is 6.26. The summed E-state index contributed by atoms with van der Waals surface area (Å²) in [7, 11) is 4.83. The molecule has 0 saturated heterocycles. The number of allylic oxidation sites excluding steroid dienone is 1. The van der Waals surface area contributed by atoms with Gasteiger partial charge in [-0.1, -0.05) is 18.2 Å². The Bertz CT molecular complexity index is 1280. The fraction of sp³-hybridized carbons (Fsp3) is 0.250. The van der Waals surface area contributed by atoms with Crippen molar-refractivity contribution in [3.63, 3.8) is 0 Å². The van der Waals surface area contributed by atoms with Gasteiger partial charge in [0.1, 0.15) is 24.0 Å². The van der Waals surface area contributed by atoms with Crippen molar-refractivity contribution in [1.82, 2.24) is 4.90 Å². The maximum absolute atomic E-state index is 13.1. The number of benzene rings is 3. The maximum atomic E-state index is 13.1. The molecule has 7 nitrogen and oxygen atoms in total. The van der Waals surface area contributed by atoms with E-state index in [9.17, 15) is 4.79 Å². The summed E-state index contributed by atoms with van der Waals surface area (Å²) in [6, 6.07) is 17.2. The summed E-state index contributed by atoms with van der Waals surface area (Å²) >= 11 is 0. The summed E-state index contributed by atoms with van der Waals surface area (Å²) in [4.78, 5) is 15.3. The summed E-state index contributed by atoms with van der Waals surface area (Å²) in [6.07, 6.45) is 2.60. The molecule has 3 aromatic rings. The van der Waals surface area contributed by atoms with Crippen LogP contribution in [0.2, 0.25) is 0 Å². The second-order valence-corrected chi connectivity index (χ2v) is 8.40. The molecule has 3 aromatic carbocycles. The smallest absolute Gasteiger partial charge is 0.231 e. The molecule has 0 N–H and O–H groups in total. The zero-order chi connectivity index (χ0) is 24.4. The number of Topliss-reactive ketones (excluding diaryl/α,β-unsaturated/α-hetero) is 1. The second-order valence-electron chi connectivity index (χ2n) is 8.40. The van der Waals surface area contributed by atoms with E-state index in [1.807, 2.05) is 30.3 Å². The first-order valence-electron chi connectivity index (χ1n) is 11.4. The van der Waals surface area contributed by atoms with Crippen LogP contribution in [0, 0.1) is 0 Å². The lowest BCUT2D eigenvalue weighted by atomic mass is 10.0. The molecule has 0 spiro atoms. The fourth-order valence-electron chi connectivity index (χ4n) is 4.32. The Morgan fingerprint density at radius 3 is 2.49 bits per heavy atom. The van der Waals surface area contributed by atoms with Crippen LogP contribution in [0.1, 0.15) is 27.0 Å². The number of nitrogens with zero attached hydrogens (tertiary/aromatic N) is 1. The minimum Gasteiger partial charge on any atom is -0.497 e. The number of fused-ring (bicyclic) bond motifs is 3. The first kappa shape index (κ1) is 22.8. The van der Waals surface area contributed by atoms with Gasteiger partial charge in [-0.2, -0.15) is 0 Å². The van der Waals surface area contributed by atoms with Crippen LogP contribution in [-0.2, 0) is 13.0 Å². The van der Waals surface area contributed by atoms with Crippen molar-refractivity contribution in [2.24, 2.45) is 0 Å². The second kappa shape index (κ2) is 9.72. The molecule has 0 aliphatic carbocycles. The third kappa shape index (κ3) is 4.55. The predicted octanol–water partition coefficient (Wildman–Crippen LogP) is 4.72. The highest BCUT2D eigenvalue weighted by Gasteiger charge is 2.33. The van der Waals surface area contributed by atoms with Gasteiger partial charge in [0, 0.05) is 13.1 Å². The van der Waals surface area contributed by atoms with Crippen LogP contribution in [-0.4, -0.2) is 45.3 Å². The lowest BCUT2D eigenvalue weighted by Gasteiger charge is -2.29. The molecule has 0 aromatic heterocycles. The Balaban J connectivity index is 1.34. The Morgan fingerprint density at radius 2 is 1.74 bits per heavy atom. The quantitative estimate of drug-likeness (QED) is 0.460. The summed E-state index contributed by atoms with van der Waals surface area (Å²) in [5, 5.41) is 0. The van der Waals surface area contributed by atoms with Crippen LogP contribution in [0.15, 0.2) is 60.4 Å². The van der Waals surface area contributed by atoms with Crippen LogP contribution in [0.4, 0.5) is 0 Å². The molecule has 2 aliphatic heterocycles. The number of carbonyl (C=O) groups excluding carboxylic acids is 1. The SMILES string of the molecule is COc1ccc(CCN2COc3ccc4c(c3C2)O/C(=C\c2ccc(OC)c(OC)c2)C4=O)cc1. The van der Waals surface area contributed by atoms with Gasteiger partial charge in [-0.15, -0.1) is 0 Å². The largest absolute Gasteiger partial charge is 0.497 e. The molecule has 5 rings (SSSR count). The van der Waals surface area contributed by atoms with Crippen LogP contribution in [0.5, 0.6) is 28.7 Å². The Kier molecular flexibility index (Phi) is 6.33. The highest BCUT2D eigenvalue weighted by molar-refractivity contribution is 6.15. The van der Waals surface area contributed by atoms with E-state index in [-0.39, 0.29) is 11.5 Å². The van der Waals surface area contributed by atoms with E-state index in [0.29, 0.717) is 36.1 Å². The number of hydrogen-bond donors (Lipinski definition) is 0. The Hall–Kier alpha value is -3.97. The van der Waals surface area contributed by atoms with E-state index in [0.717, 1.165) is 35.6 Å². The Labute approximate surface area is 204 Å². The molecule has 0 atom stereocenters. The van der Waals surface area contributed by atoms with Crippen molar-refractivity contribution in [3.05, 3.63) is 82.6 Å². The van der Waals surface area contributed by atoms with Crippen molar-refractivity contribution >= 4 is 11.9 Å². The molecule has 0 saturated carbocycles. The molecular formula is C28H27NO6. The van der Waals surface area contributed by atoms with E-state index in [1.165, 1.54) is 5.56 Å². The number of ether oxygens (including phenoxy) is 5. The monoisotopic (exact) mass is 473 g/mol. The minimum atomic E-state index is -0.145. The van der Waals surface area contributed by atoms with Gasteiger partial charge in [0.25, 0.3) is 0 Å². The highest BCUT2D eigenvalue weighted by Crippen LogP contribution is 2.42.